The van der Waals surface area contributed by atoms with Crippen LogP contribution in [0, 0.1) is 0 Å². The predicted octanol–water partition coefficient (Wildman–Crippen LogP) is 4.49. The zero-order valence-corrected chi connectivity index (χ0v) is 18.6. The molecule has 0 unspecified atom stereocenters. The maximum atomic E-state index is 12.4. The number of hydrogen-bond donors (Lipinski definition) is 3. The summed E-state index contributed by atoms with van der Waals surface area (Å²) in [6.07, 6.45) is 1.35. The fraction of sp³-hybridized carbons (Fsp3) is 0.0870. The quantitative estimate of drug-likeness (QED) is 0.356. The van der Waals surface area contributed by atoms with E-state index in [-0.39, 0.29) is 34.8 Å². The zero-order chi connectivity index (χ0) is 23.4. The molecule has 8 nitrogen and oxygen atoms in total. The van der Waals surface area contributed by atoms with Gasteiger partial charge < -0.3 is 20.3 Å². The Morgan fingerprint density at radius 1 is 0.970 bits per heavy atom. The number of aromatic nitrogens is 3. The van der Waals surface area contributed by atoms with Gasteiger partial charge in [0.15, 0.2) is 5.75 Å². The lowest BCUT2D eigenvalue weighted by atomic mass is 10.2. The Hall–Kier alpha value is -3.59. The van der Waals surface area contributed by atoms with Gasteiger partial charge in [0.1, 0.15) is 17.8 Å². The number of carbonyl (C=O) groups excluding carboxylic acids is 1. The first-order chi connectivity index (χ1) is 15.9. The summed E-state index contributed by atoms with van der Waals surface area (Å²) in [7, 11) is 0. The molecule has 0 atom stereocenters. The standard InChI is InChI=1S/C23H18Cl2N4O4/c24-19-9-16(10-20(25)21(19)31)29-13-27-22(28-29)23(32)26-11-14-1-5-17(6-2-14)33-18-7-3-15(12-30)4-8-18/h1-10,13,30-31H,11-12H2,(H,26,32). The molecule has 0 aliphatic rings. The maximum Gasteiger partial charge on any atom is 0.291 e. The van der Waals surface area contributed by atoms with Gasteiger partial charge in [-0.3, -0.25) is 4.79 Å². The van der Waals surface area contributed by atoms with Crippen LogP contribution < -0.4 is 10.1 Å². The van der Waals surface area contributed by atoms with Crippen LogP contribution in [0.15, 0.2) is 67.0 Å². The van der Waals surface area contributed by atoms with Gasteiger partial charge in [0.2, 0.25) is 5.82 Å². The SMILES string of the molecule is O=C(NCc1ccc(Oc2ccc(CO)cc2)cc1)c1ncn(-c2cc(Cl)c(O)c(Cl)c2)n1. The Balaban J connectivity index is 1.35. The summed E-state index contributed by atoms with van der Waals surface area (Å²) in [5.74, 6) is 0.603. The fourth-order valence-corrected chi connectivity index (χ4v) is 3.39. The van der Waals surface area contributed by atoms with E-state index in [9.17, 15) is 9.90 Å². The normalized spacial score (nSPS) is 10.8. The van der Waals surface area contributed by atoms with Gasteiger partial charge in [0.05, 0.1) is 22.3 Å². The van der Waals surface area contributed by atoms with E-state index in [1.807, 2.05) is 12.1 Å². The van der Waals surface area contributed by atoms with Crippen molar-refractivity contribution in [1.82, 2.24) is 20.1 Å². The van der Waals surface area contributed by atoms with Crippen molar-refractivity contribution in [2.45, 2.75) is 13.2 Å². The number of nitrogens with zero attached hydrogens (tertiary/aromatic N) is 3. The highest BCUT2D eigenvalue weighted by molar-refractivity contribution is 6.37. The van der Waals surface area contributed by atoms with Crippen LogP contribution in [0.1, 0.15) is 21.7 Å². The third-order valence-electron chi connectivity index (χ3n) is 4.68. The summed E-state index contributed by atoms with van der Waals surface area (Å²) in [5, 5.41) is 25.8. The number of amides is 1. The molecule has 0 fully saturated rings. The second kappa shape index (κ2) is 9.91. The summed E-state index contributed by atoms with van der Waals surface area (Å²) in [4.78, 5) is 16.4. The molecule has 3 aromatic carbocycles. The minimum absolute atomic E-state index is 0.0179. The Labute approximate surface area is 199 Å². The Bertz CT molecular complexity index is 1250. The smallest absolute Gasteiger partial charge is 0.291 e. The number of aliphatic hydroxyl groups is 1. The number of ether oxygens (including phenoxy) is 1. The van der Waals surface area contributed by atoms with Crippen LogP contribution in [-0.4, -0.2) is 30.9 Å². The van der Waals surface area contributed by atoms with Gasteiger partial charge in [-0.05, 0) is 47.5 Å². The van der Waals surface area contributed by atoms with E-state index in [4.69, 9.17) is 33.0 Å². The lowest BCUT2D eigenvalue weighted by molar-refractivity contribution is 0.0940. The molecule has 1 amide bonds. The molecule has 10 heteroatoms. The predicted molar refractivity (Wildman–Crippen MR) is 123 cm³/mol. The monoisotopic (exact) mass is 484 g/mol. The average molecular weight is 485 g/mol. The van der Waals surface area contributed by atoms with Crippen molar-refractivity contribution in [2.24, 2.45) is 0 Å². The number of phenols is 1. The van der Waals surface area contributed by atoms with Crippen molar-refractivity contribution in [3.63, 3.8) is 0 Å². The summed E-state index contributed by atoms with van der Waals surface area (Å²) in [6, 6.07) is 17.3. The van der Waals surface area contributed by atoms with Crippen molar-refractivity contribution in [1.29, 1.82) is 0 Å². The molecule has 0 saturated heterocycles. The van der Waals surface area contributed by atoms with Crippen LogP contribution in [0.4, 0.5) is 0 Å². The molecule has 0 aliphatic carbocycles. The van der Waals surface area contributed by atoms with E-state index < -0.39 is 5.91 Å². The Kier molecular flexibility index (Phi) is 6.79. The molecule has 1 heterocycles. The van der Waals surface area contributed by atoms with Crippen molar-refractivity contribution in [2.75, 3.05) is 0 Å². The first-order valence-electron chi connectivity index (χ1n) is 9.78. The molecule has 0 spiro atoms. The zero-order valence-electron chi connectivity index (χ0n) is 17.1. The number of carbonyl (C=O) groups is 1. The van der Waals surface area contributed by atoms with Crippen LogP contribution in [-0.2, 0) is 13.2 Å². The van der Waals surface area contributed by atoms with Gasteiger partial charge in [-0.1, -0.05) is 47.5 Å². The van der Waals surface area contributed by atoms with Gasteiger partial charge in [0, 0.05) is 6.54 Å². The second-order valence-electron chi connectivity index (χ2n) is 7.00. The van der Waals surface area contributed by atoms with E-state index in [2.05, 4.69) is 15.4 Å². The van der Waals surface area contributed by atoms with E-state index in [1.54, 1.807) is 36.4 Å². The van der Waals surface area contributed by atoms with Gasteiger partial charge in [-0.15, -0.1) is 5.10 Å². The lowest BCUT2D eigenvalue weighted by Gasteiger charge is -2.08. The molecule has 33 heavy (non-hydrogen) atoms. The fourth-order valence-electron chi connectivity index (χ4n) is 2.91. The minimum Gasteiger partial charge on any atom is -0.505 e. The summed E-state index contributed by atoms with van der Waals surface area (Å²) in [6.45, 7) is 0.256. The van der Waals surface area contributed by atoms with Crippen LogP contribution in [0.3, 0.4) is 0 Å². The van der Waals surface area contributed by atoms with Gasteiger partial charge >= 0.3 is 0 Å². The van der Waals surface area contributed by atoms with Crippen LogP contribution in [0.2, 0.25) is 10.0 Å². The van der Waals surface area contributed by atoms with Crippen LogP contribution >= 0.6 is 23.2 Å². The summed E-state index contributed by atoms with van der Waals surface area (Å²) < 4.78 is 7.11. The second-order valence-corrected chi connectivity index (χ2v) is 7.82. The largest absolute Gasteiger partial charge is 0.505 e. The highest BCUT2D eigenvalue weighted by Gasteiger charge is 2.14. The first kappa shape index (κ1) is 22.6. The topological polar surface area (TPSA) is 110 Å². The van der Waals surface area contributed by atoms with Gasteiger partial charge in [-0.25, -0.2) is 9.67 Å². The number of rotatable bonds is 7. The molecular weight excluding hydrogens is 467 g/mol. The molecule has 1 aromatic heterocycles. The molecule has 0 saturated carbocycles. The Morgan fingerprint density at radius 2 is 1.55 bits per heavy atom. The maximum absolute atomic E-state index is 12.4. The molecule has 4 rings (SSSR count). The summed E-state index contributed by atoms with van der Waals surface area (Å²) in [5.41, 5.74) is 2.13. The molecule has 0 bridgehead atoms. The van der Waals surface area contributed by atoms with E-state index in [0.717, 1.165) is 11.1 Å². The molecule has 168 valence electrons. The number of hydrogen-bond acceptors (Lipinski definition) is 6. The molecule has 4 aromatic rings. The van der Waals surface area contributed by atoms with Crippen molar-refractivity contribution >= 4 is 29.1 Å². The van der Waals surface area contributed by atoms with E-state index in [1.165, 1.54) is 23.1 Å². The molecule has 3 N–H and O–H groups in total. The van der Waals surface area contributed by atoms with Crippen LogP contribution in [0.25, 0.3) is 5.69 Å². The lowest BCUT2D eigenvalue weighted by Crippen LogP contribution is -2.24. The molecule has 0 radical (unpaired) electrons. The number of aliphatic hydroxyl groups excluding tert-OH is 1. The highest BCUT2D eigenvalue weighted by Crippen LogP contribution is 2.33. The van der Waals surface area contributed by atoms with E-state index >= 15 is 0 Å². The molecular formula is C23H18Cl2N4O4. The van der Waals surface area contributed by atoms with Crippen molar-refractivity contribution in [3.05, 3.63) is 94.0 Å². The third kappa shape index (κ3) is 5.43. The number of nitrogens with one attached hydrogen (secondary N) is 1. The summed E-state index contributed by atoms with van der Waals surface area (Å²) >= 11 is 11.9. The van der Waals surface area contributed by atoms with Crippen molar-refractivity contribution in [3.8, 4) is 22.9 Å². The number of halogens is 2. The molecule has 0 aliphatic heterocycles. The van der Waals surface area contributed by atoms with Crippen LogP contribution in [0.5, 0.6) is 17.2 Å². The number of benzene rings is 3. The van der Waals surface area contributed by atoms with E-state index in [0.29, 0.717) is 17.2 Å². The number of phenolic OH excluding ortho intramolecular Hbond substituents is 1. The minimum atomic E-state index is -0.450. The third-order valence-corrected chi connectivity index (χ3v) is 5.26. The first-order valence-corrected chi connectivity index (χ1v) is 10.5. The van der Waals surface area contributed by atoms with Gasteiger partial charge in [-0.2, -0.15) is 0 Å². The average Bonchev–Trinajstić information content (AvgIpc) is 3.33. The van der Waals surface area contributed by atoms with Gasteiger partial charge in [0.25, 0.3) is 5.91 Å². The van der Waals surface area contributed by atoms with Crippen molar-refractivity contribution < 1.29 is 19.7 Å². The number of aromatic hydroxyl groups is 1. The highest BCUT2D eigenvalue weighted by atomic mass is 35.5. The Morgan fingerprint density at radius 3 is 2.12 bits per heavy atom.